The molecule has 1 heterocycles. The lowest BCUT2D eigenvalue weighted by atomic mass is 10.0. The highest BCUT2D eigenvalue weighted by molar-refractivity contribution is 9.11. The van der Waals surface area contributed by atoms with Gasteiger partial charge in [-0.3, -0.25) is 0 Å². The summed E-state index contributed by atoms with van der Waals surface area (Å²) < 4.78 is 11.8. The van der Waals surface area contributed by atoms with Crippen LogP contribution in [0.1, 0.15) is 23.4 Å². The van der Waals surface area contributed by atoms with Gasteiger partial charge in [0.05, 0.1) is 24.0 Å². The van der Waals surface area contributed by atoms with E-state index in [0.717, 1.165) is 27.4 Å². The quantitative estimate of drug-likeness (QED) is 0.840. The van der Waals surface area contributed by atoms with E-state index in [-0.39, 0.29) is 6.04 Å². The summed E-state index contributed by atoms with van der Waals surface area (Å²) in [5.74, 6) is 1.61. The molecule has 3 nitrogen and oxygen atoms in total. The predicted octanol–water partition coefficient (Wildman–Crippen LogP) is 4.23. The number of hydrogen-bond donors (Lipinski definition) is 1. The zero-order chi connectivity index (χ0) is 14.5. The van der Waals surface area contributed by atoms with Crippen molar-refractivity contribution in [2.45, 2.75) is 13.0 Å². The molecule has 0 aliphatic rings. The summed E-state index contributed by atoms with van der Waals surface area (Å²) in [6, 6.07) is 10.3. The van der Waals surface area contributed by atoms with Gasteiger partial charge < -0.3 is 14.8 Å². The predicted molar refractivity (Wildman–Crippen MR) is 87.1 cm³/mol. The van der Waals surface area contributed by atoms with Crippen molar-refractivity contribution in [1.82, 2.24) is 5.32 Å². The molecule has 20 heavy (non-hydrogen) atoms. The molecule has 1 aromatic heterocycles. The minimum absolute atomic E-state index is 0.139. The van der Waals surface area contributed by atoms with Gasteiger partial charge in [-0.05, 0) is 52.3 Å². The summed E-state index contributed by atoms with van der Waals surface area (Å²) in [5, 5.41) is 3.51. The van der Waals surface area contributed by atoms with Gasteiger partial charge in [0, 0.05) is 10.9 Å². The summed E-state index contributed by atoms with van der Waals surface area (Å²) in [6.45, 7) is 2.99. The maximum absolute atomic E-state index is 5.35. The van der Waals surface area contributed by atoms with Crippen LogP contribution in [0.15, 0.2) is 34.1 Å². The topological polar surface area (TPSA) is 30.5 Å². The van der Waals surface area contributed by atoms with Gasteiger partial charge in [0.1, 0.15) is 11.5 Å². The first-order chi connectivity index (χ1) is 9.67. The van der Waals surface area contributed by atoms with Crippen LogP contribution in [0.2, 0.25) is 0 Å². The van der Waals surface area contributed by atoms with Crippen molar-refractivity contribution in [2.75, 3.05) is 20.8 Å². The number of hydrogen-bond acceptors (Lipinski definition) is 4. The molecular weight excluding hydrogens is 338 g/mol. The second-order valence-electron chi connectivity index (χ2n) is 4.28. The Hall–Kier alpha value is -1.04. The maximum atomic E-state index is 5.35. The fourth-order valence-electron chi connectivity index (χ4n) is 2.07. The number of thiophene rings is 1. The largest absolute Gasteiger partial charge is 0.497 e. The Morgan fingerprint density at radius 2 is 1.80 bits per heavy atom. The third-order valence-electron chi connectivity index (χ3n) is 2.99. The Morgan fingerprint density at radius 3 is 2.25 bits per heavy atom. The van der Waals surface area contributed by atoms with Crippen molar-refractivity contribution >= 4 is 27.3 Å². The van der Waals surface area contributed by atoms with Crippen molar-refractivity contribution in [3.63, 3.8) is 0 Å². The van der Waals surface area contributed by atoms with E-state index in [1.165, 1.54) is 4.88 Å². The molecule has 0 saturated heterocycles. The zero-order valence-electron chi connectivity index (χ0n) is 11.8. The zero-order valence-corrected chi connectivity index (χ0v) is 14.2. The molecule has 108 valence electrons. The van der Waals surface area contributed by atoms with Crippen LogP contribution in [0, 0.1) is 0 Å². The molecular formula is C15H18BrNO2S. The highest BCUT2D eigenvalue weighted by Gasteiger charge is 2.17. The van der Waals surface area contributed by atoms with Gasteiger partial charge in [-0.1, -0.05) is 6.92 Å². The lowest BCUT2D eigenvalue weighted by Crippen LogP contribution is -2.21. The molecule has 2 rings (SSSR count). The Labute approximate surface area is 132 Å². The minimum atomic E-state index is 0.139. The van der Waals surface area contributed by atoms with E-state index >= 15 is 0 Å². The van der Waals surface area contributed by atoms with Crippen LogP contribution in [-0.4, -0.2) is 20.8 Å². The molecule has 1 aromatic carbocycles. The lowest BCUT2D eigenvalue weighted by Gasteiger charge is -2.18. The van der Waals surface area contributed by atoms with Crippen molar-refractivity contribution in [3.05, 3.63) is 44.6 Å². The average Bonchev–Trinajstić information content (AvgIpc) is 2.90. The van der Waals surface area contributed by atoms with Crippen LogP contribution in [0.25, 0.3) is 0 Å². The number of rotatable bonds is 6. The van der Waals surface area contributed by atoms with E-state index in [9.17, 15) is 0 Å². The number of methoxy groups -OCH3 is 2. The highest BCUT2D eigenvalue weighted by atomic mass is 79.9. The Kier molecular flexibility index (Phi) is 5.46. The van der Waals surface area contributed by atoms with Gasteiger partial charge in [-0.25, -0.2) is 0 Å². The smallest absolute Gasteiger partial charge is 0.122 e. The van der Waals surface area contributed by atoms with Gasteiger partial charge in [0.25, 0.3) is 0 Å². The minimum Gasteiger partial charge on any atom is -0.497 e. The van der Waals surface area contributed by atoms with E-state index in [1.807, 2.05) is 18.2 Å². The summed E-state index contributed by atoms with van der Waals surface area (Å²) in [4.78, 5) is 1.26. The Morgan fingerprint density at radius 1 is 1.15 bits per heavy atom. The van der Waals surface area contributed by atoms with Gasteiger partial charge in [0.15, 0.2) is 0 Å². The number of nitrogens with one attached hydrogen (secondary N) is 1. The normalized spacial score (nSPS) is 12.2. The van der Waals surface area contributed by atoms with E-state index in [1.54, 1.807) is 25.6 Å². The molecule has 0 bridgehead atoms. The van der Waals surface area contributed by atoms with Crippen molar-refractivity contribution < 1.29 is 9.47 Å². The Bertz CT molecular complexity index is 549. The molecule has 1 N–H and O–H groups in total. The molecule has 1 unspecified atom stereocenters. The SMILES string of the molecule is CCNC(c1cc(OC)cc(OC)c1)c1ccc(Br)s1. The number of benzene rings is 1. The monoisotopic (exact) mass is 355 g/mol. The van der Waals surface area contributed by atoms with Crippen molar-refractivity contribution in [3.8, 4) is 11.5 Å². The molecule has 0 aliphatic heterocycles. The van der Waals surface area contributed by atoms with Crippen molar-refractivity contribution in [2.24, 2.45) is 0 Å². The summed E-state index contributed by atoms with van der Waals surface area (Å²) >= 11 is 5.25. The first-order valence-corrected chi connectivity index (χ1v) is 8.00. The van der Waals surface area contributed by atoms with E-state index in [4.69, 9.17) is 9.47 Å². The average molecular weight is 356 g/mol. The number of halogens is 1. The van der Waals surface area contributed by atoms with E-state index < -0.39 is 0 Å². The molecule has 0 saturated carbocycles. The highest BCUT2D eigenvalue weighted by Crippen LogP contribution is 2.34. The van der Waals surface area contributed by atoms with E-state index in [2.05, 4.69) is 40.3 Å². The second-order valence-corrected chi connectivity index (χ2v) is 6.77. The summed E-state index contributed by atoms with van der Waals surface area (Å²) in [6.07, 6.45) is 0. The maximum Gasteiger partial charge on any atom is 0.122 e. The van der Waals surface area contributed by atoms with Crippen LogP contribution in [0.4, 0.5) is 0 Å². The van der Waals surface area contributed by atoms with Gasteiger partial charge in [-0.2, -0.15) is 0 Å². The summed E-state index contributed by atoms with van der Waals surface area (Å²) in [7, 11) is 3.34. The third-order valence-corrected chi connectivity index (χ3v) is 4.68. The summed E-state index contributed by atoms with van der Waals surface area (Å²) in [5.41, 5.74) is 1.14. The van der Waals surface area contributed by atoms with Crippen LogP contribution in [0.5, 0.6) is 11.5 Å². The molecule has 0 spiro atoms. The standard InChI is InChI=1S/C15H18BrNO2S/c1-4-17-15(13-5-6-14(16)20-13)10-7-11(18-2)9-12(8-10)19-3/h5-9,15,17H,4H2,1-3H3. The third kappa shape index (κ3) is 3.53. The van der Waals surface area contributed by atoms with Gasteiger partial charge in [0.2, 0.25) is 0 Å². The lowest BCUT2D eigenvalue weighted by molar-refractivity contribution is 0.392. The fourth-order valence-corrected chi connectivity index (χ4v) is 3.59. The first-order valence-electron chi connectivity index (χ1n) is 6.39. The second kappa shape index (κ2) is 7.11. The molecule has 1 atom stereocenters. The fraction of sp³-hybridized carbons (Fsp3) is 0.333. The van der Waals surface area contributed by atoms with Crippen LogP contribution < -0.4 is 14.8 Å². The molecule has 2 aromatic rings. The first kappa shape index (κ1) is 15.4. The van der Waals surface area contributed by atoms with Crippen molar-refractivity contribution in [1.29, 1.82) is 0 Å². The molecule has 0 amide bonds. The van der Waals surface area contributed by atoms with Crippen LogP contribution >= 0.6 is 27.3 Å². The van der Waals surface area contributed by atoms with Gasteiger partial charge >= 0.3 is 0 Å². The van der Waals surface area contributed by atoms with Crippen LogP contribution in [-0.2, 0) is 0 Å². The van der Waals surface area contributed by atoms with Crippen LogP contribution in [0.3, 0.4) is 0 Å². The van der Waals surface area contributed by atoms with Gasteiger partial charge in [-0.15, -0.1) is 11.3 Å². The number of ether oxygens (including phenoxy) is 2. The molecule has 0 aliphatic carbocycles. The van der Waals surface area contributed by atoms with E-state index in [0.29, 0.717) is 0 Å². The molecule has 0 radical (unpaired) electrons. The molecule has 0 fully saturated rings. The Balaban J connectivity index is 2.42. The molecule has 5 heteroatoms.